The lowest BCUT2D eigenvalue weighted by atomic mass is 9.98. The largest absolute Gasteiger partial charge is 0.451 e. The van der Waals surface area contributed by atoms with Crippen molar-refractivity contribution >= 4 is 22.6 Å². The molecule has 1 atom stereocenters. The molecule has 21 heavy (non-hydrogen) atoms. The van der Waals surface area contributed by atoms with Crippen molar-refractivity contribution in [1.29, 1.82) is 0 Å². The monoisotopic (exact) mass is 286 g/mol. The molecule has 1 fully saturated rings. The zero-order valence-electron chi connectivity index (χ0n) is 12.5. The summed E-state index contributed by atoms with van der Waals surface area (Å²) in [5.74, 6) is 1.17. The Balaban J connectivity index is 1.79. The molecule has 1 amide bonds. The van der Waals surface area contributed by atoms with Gasteiger partial charge in [0.1, 0.15) is 5.58 Å². The summed E-state index contributed by atoms with van der Waals surface area (Å²) in [6, 6.07) is 7.25. The van der Waals surface area contributed by atoms with E-state index in [9.17, 15) is 4.79 Å². The molecule has 0 saturated carbocycles. The van der Waals surface area contributed by atoms with Gasteiger partial charge in [-0.15, -0.1) is 0 Å². The number of furan rings is 1. The van der Waals surface area contributed by atoms with Crippen LogP contribution in [0.4, 0.5) is 5.69 Å². The second-order valence-electron chi connectivity index (χ2n) is 5.91. The number of hydrogen-bond acceptors (Lipinski definition) is 3. The molecule has 0 spiro atoms. The summed E-state index contributed by atoms with van der Waals surface area (Å²) in [7, 11) is 0. The maximum atomic E-state index is 12.6. The summed E-state index contributed by atoms with van der Waals surface area (Å²) in [5.41, 5.74) is 7.17. The zero-order chi connectivity index (χ0) is 14.8. The molecule has 2 N–H and O–H groups in total. The van der Waals surface area contributed by atoms with E-state index in [0.717, 1.165) is 37.2 Å². The van der Waals surface area contributed by atoms with Crippen LogP contribution in [0.5, 0.6) is 0 Å². The van der Waals surface area contributed by atoms with Crippen LogP contribution < -0.4 is 5.73 Å². The number of carbonyl (C=O) groups is 1. The van der Waals surface area contributed by atoms with Gasteiger partial charge in [0.05, 0.1) is 0 Å². The number of carbonyl (C=O) groups excluding carboxylic acids is 1. The number of fused-ring (bicyclic) bond motifs is 1. The molecule has 4 heteroatoms. The van der Waals surface area contributed by atoms with Crippen molar-refractivity contribution in [3.8, 4) is 0 Å². The molecule has 0 bridgehead atoms. The van der Waals surface area contributed by atoms with E-state index in [4.69, 9.17) is 10.2 Å². The fraction of sp³-hybridized carbons (Fsp3) is 0.471. The number of anilines is 1. The van der Waals surface area contributed by atoms with Crippen molar-refractivity contribution in [3.05, 3.63) is 30.0 Å². The molecule has 1 aliphatic rings. The van der Waals surface area contributed by atoms with Crippen LogP contribution in [0, 0.1) is 5.92 Å². The smallest absolute Gasteiger partial charge is 0.289 e. The molecule has 3 rings (SSSR count). The molecule has 4 nitrogen and oxygen atoms in total. The summed E-state index contributed by atoms with van der Waals surface area (Å²) in [5, 5.41) is 0.889. The third-order valence-corrected chi connectivity index (χ3v) is 4.46. The van der Waals surface area contributed by atoms with Gasteiger partial charge < -0.3 is 15.1 Å². The predicted molar refractivity (Wildman–Crippen MR) is 84.2 cm³/mol. The minimum Gasteiger partial charge on any atom is -0.451 e. The Morgan fingerprint density at radius 2 is 2.19 bits per heavy atom. The number of nitrogen functional groups attached to an aromatic ring is 1. The molecule has 112 valence electrons. The quantitative estimate of drug-likeness (QED) is 0.857. The van der Waals surface area contributed by atoms with E-state index in [2.05, 4.69) is 6.92 Å². The van der Waals surface area contributed by atoms with E-state index in [1.54, 1.807) is 12.1 Å². The first-order valence-electron chi connectivity index (χ1n) is 7.75. The van der Waals surface area contributed by atoms with Crippen LogP contribution in [0.1, 0.15) is 43.2 Å². The Hall–Kier alpha value is -1.97. The summed E-state index contributed by atoms with van der Waals surface area (Å²) < 4.78 is 5.69. The van der Waals surface area contributed by atoms with E-state index in [0.29, 0.717) is 17.0 Å². The SMILES string of the molecule is CCC1CCCN(C(=O)c2cc3cc(N)ccc3o2)CC1. The number of hydrogen-bond donors (Lipinski definition) is 1. The third kappa shape index (κ3) is 2.89. The minimum atomic E-state index is 0.00141. The Labute approximate surface area is 124 Å². The summed E-state index contributed by atoms with van der Waals surface area (Å²) in [6.45, 7) is 3.89. The van der Waals surface area contributed by atoms with Gasteiger partial charge in [-0.25, -0.2) is 0 Å². The Bertz CT molecular complexity index is 647. The van der Waals surface area contributed by atoms with E-state index in [1.807, 2.05) is 17.0 Å². The molecular formula is C17H22N2O2. The highest BCUT2D eigenvalue weighted by Gasteiger charge is 2.23. The summed E-state index contributed by atoms with van der Waals surface area (Å²) in [4.78, 5) is 14.5. The van der Waals surface area contributed by atoms with E-state index in [-0.39, 0.29) is 5.91 Å². The number of likely N-dealkylation sites (tertiary alicyclic amines) is 1. The molecule has 2 heterocycles. The fourth-order valence-electron chi connectivity index (χ4n) is 3.10. The summed E-state index contributed by atoms with van der Waals surface area (Å²) in [6.07, 6.45) is 4.59. The zero-order valence-corrected chi connectivity index (χ0v) is 12.5. The van der Waals surface area contributed by atoms with Gasteiger partial charge in [-0.3, -0.25) is 4.79 Å². The molecule has 0 aliphatic carbocycles. The van der Waals surface area contributed by atoms with Gasteiger partial charge in [0.15, 0.2) is 5.76 Å². The number of amides is 1. The van der Waals surface area contributed by atoms with Crippen LogP contribution in [0.15, 0.2) is 28.7 Å². The van der Waals surface area contributed by atoms with E-state index in [1.165, 1.54) is 12.8 Å². The van der Waals surface area contributed by atoms with Crippen molar-refractivity contribution in [1.82, 2.24) is 4.90 Å². The predicted octanol–water partition coefficient (Wildman–Crippen LogP) is 3.67. The number of benzene rings is 1. The van der Waals surface area contributed by atoms with Gasteiger partial charge in [-0.2, -0.15) is 0 Å². The first kappa shape index (κ1) is 14.0. The highest BCUT2D eigenvalue weighted by molar-refractivity contribution is 5.96. The maximum absolute atomic E-state index is 12.6. The lowest BCUT2D eigenvalue weighted by Crippen LogP contribution is -2.31. The maximum Gasteiger partial charge on any atom is 0.289 e. The first-order valence-corrected chi connectivity index (χ1v) is 7.75. The molecule has 1 aromatic heterocycles. The van der Waals surface area contributed by atoms with Gasteiger partial charge in [-0.1, -0.05) is 13.3 Å². The molecule has 1 aromatic carbocycles. The first-order chi connectivity index (χ1) is 10.2. The third-order valence-electron chi connectivity index (χ3n) is 4.46. The number of nitrogens with two attached hydrogens (primary N) is 1. The lowest BCUT2D eigenvalue weighted by Gasteiger charge is -2.19. The Kier molecular flexibility index (Phi) is 3.86. The van der Waals surface area contributed by atoms with Gasteiger partial charge in [0.25, 0.3) is 5.91 Å². The molecule has 1 unspecified atom stereocenters. The van der Waals surface area contributed by atoms with Crippen LogP contribution in [-0.2, 0) is 0 Å². The second kappa shape index (κ2) is 5.80. The van der Waals surface area contributed by atoms with Crippen molar-refractivity contribution in [2.75, 3.05) is 18.8 Å². The van der Waals surface area contributed by atoms with E-state index >= 15 is 0 Å². The second-order valence-corrected chi connectivity index (χ2v) is 5.91. The van der Waals surface area contributed by atoms with Gasteiger partial charge in [-0.05, 0) is 49.4 Å². The molecule has 0 radical (unpaired) electrons. The van der Waals surface area contributed by atoms with Crippen LogP contribution in [-0.4, -0.2) is 23.9 Å². The Morgan fingerprint density at radius 1 is 1.33 bits per heavy atom. The highest BCUT2D eigenvalue weighted by Crippen LogP contribution is 2.25. The average molecular weight is 286 g/mol. The van der Waals surface area contributed by atoms with E-state index < -0.39 is 0 Å². The van der Waals surface area contributed by atoms with Crippen LogP contribution in [0.25, 0.3) is 11.0 Å². The van der Waals surface area contributed by atoms with Crippen molar-refractivity contribution in [2.24, 2.45) is 5.92 Å². The van der Waals surface area contributed by atoms with Crippen molar-refractivity contribution < 1.29 is 9.21 Å². The Morgan fingerprint density at radius 3 is 3.00 bits per heavy atom. The average Bonchev–Trinajstić information content (AvgIpc) is 2.75. The normalized spacial score (nSPS) is 19.7. The van der Waals surface area contributed by atoms with Crippen molar-refractivity contribution in [3.63, 3.8) is 0 Å². The fourth-order valence-corrected chi connectivity index (χ4v) is 3.10. The van der Waals surface area contributed by atoms with Crippen LogP contribution in [0.3, 0.4) is 0 Å². The van der Waals surface area contributed by atoms with Crippen LogP contribution in [0.2, 0.25) is 0 Å². The number of rotatable bonds is 2. The van der Waals surface area contributed by atoms with Gasteiger partial charge in [0.2, 0.25) is 0 Å². The lowest BCUT2D eigenvalue weighted by molar-refractivity contribution is 0.0730. The standard InChI is InChI=1S/C17H22N2O2/c1-2-12-4-3-8-19(9-7-12)17(20)16-11-13-10-14(18)5-6-15(13)21-16/h5-6,10-12H,2-4,7-9,18H2,1H3. The molecule has 1 saturated heterocycles. The topological polar surface area (TPSA) is 59.5 Å². The van der Waals surface area contributed by atoms with Crippen molar-refractivity contribution in [2.45, 2.75) is 32.6 Å². The minimum absolute atomic E-state index is 0.00141. The number of nitrogens with zero attached hydrogens (tertiary/aromatic N) is 1. The molecule has 1 aliphatic heterocycles. The highest BCUT2D eigenvalue weighted by atomic mass is 16.3. The van der Waals surface area contributed by atoms with Gasteiger partial charge >= 0.3 is 0 Å². The van der Waals surface area contributed by atoms with Gasteiger partial charge in [0, 0.05) is 24.2 Å². The molecule has 2 aromatic rings. The summed E-state index contributed by atoms with van der Waals surface area (Å²) >= 11 is 0. The molecular weight excluding hydrogens is 264 g/mol. The van der Waals surface area contributed by atoms with Crippen LogP contribution >= 0.6 is 0 Å².